The maximum absolute atomic E-state index is 5.78. The Labute approximate surface area is 82.0 Å². The highest BCUT2D eigenvalue weighted by Gasteiger charge is 2.38. The summed E-state index contributed by atoms with van der Waals surface area (Å²) >= 11 is 2.43. The first-order valence-electron chi connectivity index (χ1n) is 4.57. The van der Waals surface area contributed by atoms with E-state index in [0.29, 0.717) is 6.10 Å². The quantitative estimate of drug-likeness (QED) is 0.523. The van der Waals surface area contributed by atoms with Crippen molar-refractivity contribution in [2.45, 2.75) is 31.8 Å². The fourth-order valence-corrected chi connectivity index (χ4v) is 2.64. The monoisotopic (exact) mass is 266 g/mol. The molecule has 1 aliphatic heterocycles. The summed E-state index contributed by atoms with van der Waals surface area (Å²) in [4.78, 5) is 0. The van der Waals surface area contributed by atoms with E-state index in [-0.39, 0.29) is 0 Å². The molecule has 11 heavy (non-hydrogen) atoms. The van der Waals surface area contributed by atoms with E-state index in [2.05, 4.69) is 22.6 Å². The normalized spacial score (nSPS) is 43.9. The highest BCUT2D eigenvalue weighted by Crippen LogP contribution is 2.44. The van der Waals surface area contributed by atoms with Gasteiger partial charge in [-0.3, -0.25) is 0 Å². The summed E-state index contributed by atoms with van der Waals surface area (Å²) in [7, 11) is 0. The van der Waals surface area contributed by atoms with E-state index in [4.69, 9.17) is 4.74 Å². The molecular weight excluding hydrogens is 251 g/mol. The fraction of sp³-hybridized carbons (Fsp3) is 1.00. The minimum Gasteiger partial charge on any atom is -0.377 e. The van der Waals surface area contributed by atoms with Gasteiger partial charge in [0.05, 0.1) is 12.7 Å². The van der Waals surface area contributed by atoms with Crippen LogP contribution >= 0.6 is 22.6 Å². The van der Waals surface area contributed by atoms with Crippen molar-refractivity contribution in [3.05, 3.63) is 0 Å². The Balaban J connectivity index is 1.80. The molecular formula is C9H15IO. The third kappa shape index (κ3) is 2.08. The van der Waals surface area contributed by atoms with Gasteiger partial charge in [0.25, 0.3) is 0 Å². The van der Waals surface area contributed by atoms with Gasteiger partial charge in [-0.2, -0.15) is 0 Å². The summed E-state index contributed by atoms with van der Waals surface area (Å²) in [6.07, 6.45) is 6.19. The van der Waals surface area contributed by atoms with Gasteiger partial charge in [0, 0.05) is 4.43 Å². The van der Waals surface area contributed by atoms with Crippen molar-refractivity contribution in [3.8, 4) is 0 Å². The minimum absolute atomic E-state index is 0.567. The van der Waals surface area contributed by atoms with Crippen LogP contribution in [0.4, 0.5) is 0 Å². The predicted octanol–water partition coefficient (Wildman–Crippen LogP) is 2.63. The van der Waals surface area contributed by atoms with E-state index in [1.54, 1.807) is 0 Å². The maximum Gasteiger partial charge on any atom is 0.0664 e. The summed E-state index contributed by atoms with van der Waals surface area (Å²) in [5.74, 6) is 1.99. The third-order valence-corrected chi connectivity index (χ3v) is 3.87. The van der Waals surface area contributed by atoms with Crippen molar-refractivity contribution < 1.29 is 4.74 Å². The van der Waals surface area contributed by atoms with Crippen LogP contribution in [-0.4, -0.2) is 17.1 Å². The molecule has 0 aromatic rings. The molecule has 2 heteroatoms. The fourth-order valence-electron chi connectivity index (χ4n) is 1.94. The lowest BCUT2D eigenvalue weighted by Crippen LogP contribution is -2.18. The molecule has 3 atom stereocenters. The van der Waals surface area contributed by atoms with Gasteiger partial charge in [0.1, 0.15) is 0 Å². The van der Waals surface area contributed by atoms with Gasteiger partial charge < -0.3 is 4.74 Å². The zero-order chi connectivity index (χ0) is 7.68. The lowest BCUT2D eigenvalue weighted by atomic mass is 10.1. The second-order valence-electron chi connectivity index (χ2n) is 3.80. The zero-order valence-corrected chi connectivity index (χ0v) is 8.92. The Hall–Kier alpha value is 0.690. The van der Waals surface area contributed by atoms with Gasteiger partial charge in [-0.25, -0.2) is 0 Å². The van der Waals surface area contributed by atoms with Crippen LogP contribution in [-0.2, 0) is 4.74 Å². The summed E-state index contributed by atoms with van der Waals surface area (Å²) in [6.45, 7) is 1.05. The van der Waals surface area contributed by atoms with Crippen LogP contribution in [0.15, 0.2) is 0 Å². The van der Waals surface area contributed by atoms with Crippen LogP contribution in [0.1, 0.15) is 25.7 Å². The van der Waals surface area contributed by atoms with Crippen LogP contribution in [0.5, 0.6) is 0 Å². The molecule has 1 aliphatic carbocycles. The van der Waals surface area contributed by atoms with Gasteiger partial charge in [0.15, 0.2) is 0 Å². The molecule has 0 radical (unpaired) electrons. The number of alkyl halides is 1. The molecule has 2 fully saturated rings. The first-order chi connectivity index (χ1) is 5.40. The molecule has 0 N–H and O–H groups in total. The average molecular weight is 266 g/mol. The Morgan fingerprint density at radius 1 is 1.27 bits per heavy atom. The number of fused-ring (bicyclic) bond motifs is 1. The average Bonchev–Trinajstić information content (AvgIpc) is 2.68. The van der Waals surface area contributed by atoms with Crippen LogP contribution in [0, 0.1) is 11.8 Å². The van der Waals surface area contributed by atoms with E-state index in [9.17, 15) is 0 Å². The summed E-state index contributed by atoms with van der Waals surface area (Å²) < 4.78 is 6.95. The van der Waals surface area contributed by atoms with Crippen LogP contribution < -0.4 is 0 Å². The van der Waals surface area contributed by atoms with Gasteiger partial charge >= 0.3 is 0 Å². The first-order valence-corrected chi connectivity index (χ1v) is 6.10. The van der Waals surface area contributed by atoms with Crippen LogP contribution in [0.2, 0.25) is 0 Å². The predicted molar refractivity (Wildman–Crippen MR) is 54.1 cm³/mol. The highest BCUT2D eigenvalue weighted by molar-refractivity contribution is 14.1. The first kappa shape index (κ1) is 8.30. The number of ether oxygens (including phenoxy) is 1. The van der Waals surface area contributed by atoms with Crippen molar-refractivity contribution in [1.29, 1.82) is 0 Å². The molecule has 1 nitrogen and oxygen atoms in total. The van der Waals surface area contributed by atoms with Gasteiger partial charge in [-0.15, -0.1) is 0 Å². The molecule has 0 aromatic heterocycles. The molecule has 0 aromatic carbocycles. The molecule has 2 aliphatic rings. The van der Waals surface area contributed by atoms with E-state index >= 15 is 0 Å². The van der Waals surface area contributed by atoms with E-state index in [1.165, 1.54) is 30.1 Å². The molecule has 0 amide bonds. The largest absolute Gasteiger partial charge is 0.377 e. The second kappa shape index (κ2) is 3.60. The number of halogens is 1. The zero-order valence-electron chi connectivity index (χ0n) is 6.76. The van der Waals surface area contributed by atoms with Gasteiger partial charge in [0.2, 0.25) is 0 Å². The Bertz CT molecular complexity index is 138. The molecule has 1 unspecified atom stereocenters. The highest BCUT2D eigenvalue weighted by atomic mass is 127. The molecule has 64 valence electrons. The SMILES string of the molecule is ICC1CCC[C@H]2C[C@H]2CO1. The molecule has 0 bridgehead atoms. The molecule has 1 saturated carbocycles. The summed E-state index contributed by atoms with van der Waals surface area (Å²) in [5.41, 5.74) is 0. The summed E-state index contributed by atoms with van der Waals surface area (Å²) in [6, 6.07) is 0. The molecule has 1 saturated heterocycles. The van der Waals surface area contributed by atoms with E-state index < -0.39 is 0 Å². The molecule has 2 rings (SSSR count). The molecule has 0 spiro atoms. The number of hydrogen-bond acceptors (Lipinski definition) is 1. The van der Waals surface area contributed by atoms with Crippen LogP contribution in [0.25, 0.3) is 0 Å². The van der Waals surface area contributed by atoms with Gasteiger partial charge in [-0.05, 0) is 31.1 Å². The Kier molecular flexibility index (Phi) is 2.72. The van der Waals surface area contributed by atoms with E-state index in [1.807, 2.05) is 0 Å². The molecule has 1 heterocycles. The maximum atomic E-state index is 5.78. The van der Waals surface area contributed by atoms with Crippen LogP contribution in [0.3, 0.4) is 0 Å². The third-order valence-electron chi connectivity index (χ3n) is 2.89. The second-order valence-corrected chi connectivity index (χ2v) is 4.68. The Morgan fingerprint density at radius 2 is 2.18 bits per heavy atom. The summed E-state index contributed by atoms with van der Waals surface area (Å²) in [5, 5.41) is 0. The lowest BCUT2D eigenvalue weighted by molar-refractivity contribution is 0.0464. The van der Waals surface area contributed by atoms with Crippen molar-refractivity contribution in [2.24, 2.45) is 11.8 Å². The number of hydrogen-bond donors (Lipinski definition) is 0. The smallest absolute Gasteiger partial charge is 0.0664 e. The van der Waals surface area contributed by atoms with Crippen molar-refractivity contribution in [1.82, 2.24) is 0 Å². The van der Waals surface area contributed by atoms with Gasteiger partial charge in [-0.1, -0.05) is 29.0 Å². The number of rotatable bonds is 1. The minimum atomic E-state index is 0.567. The standard InChI is InChI=1S/C9H15IO/c10-5-9-3-1-2-7-4-8(7)6-11-9/h7-9H,1-6H2/t7-,8-,9?/m0/s1. The topological polar surface area (TPSA) is 9.23 Å². The van der Waals surface area contributed by atoms with Crippen molar-refractivity contribution in [3.63, 3.8) is 0 Å². The lowest BCUT2D eigenvalue weighted by Gasteiger charge is -2.17. The van der Waals surface area contributed by atoms with E-state index in [0.717, 1.165) is 18.4 Å². The van der Waals surface area contributed by atoms with Crippen molar-refractivity contribution in [2.75, 3.05) is 11.0 Å². The van der Waals surface area contributed by atoms with Crippen molar-refractivity contribution >= 4 is 22.6 Å². The Morgan fingerprint density at radius 3 is 3.00 bits per heavy atom.